The lowest BCUT2D eigenvalue weighted by molar-refractivity contribution is -0.127. The standard InChI is InChI=1S/C23H40N4O2/c1-25-22(29)21(27(23(25)24)13-10-17-6-3-2-4-7-17)15-18-8-5-9-19(14-18)26-12-11-20(28)16-26/h17-21,24,28H,2-16H2,1H3/t18-,19-,20-,21+/m0/s1. The van der Waals surface area contributed by atoms with Crippen LogP contribution in [-0.4, -0.2) is 76.5 Å². The molecule has 2 aliphatic heterocycles. The highest BCUT2D eigenvalue weighted by Gasteiger charge is 2.42. The zero-order valence-electron chi connectivity index (χ0n) is 18.2. The molecule has 2 saturated carbocycles. The molecule has 29 heavy (non-hydrogen) atoms. The Hall–Kier alpha value is -1.14. The van der Waals surface area contributed by atoms with Crippen molar-refractivity contribution in [2.45, 2.75) is 95.2 Å². The highest BCUT2D eigenvalue weighted by molar-refractivity contribution is 6.04. The van der Waals surface area contributed by atoms with Gasteiger partial charge in [0, 0.05) is 32.7 Å². The van der Waals surface area contributed by atoms with Crippen LogP contribution in [0.25, 0.3) is 0 Å². The molecule has 0 aromatic carbocycles. The fourth-order valence-corrected chi connectivity index (χ4v) is 6.31. The van der Waals surface area contributed by atoms with E-state index in [1.807, 2.05) is 0 Å². The molecule has 2 aliphatic carbocycles. The van der Waals surface area contributed by atoms with Crippen molar-refractivity contribution in [3.8, 4) is 0 Å². The lowest BCUT2D eigenvalue weighted by Crippen LogP contribution is -2.41. The molecule has 164 valence electrons. The maximum atomic E-state index is 12.9. The normalized spacial score (nSPS) is 35.1. The smallest absolute Gasteiger partial charge is 0.251 e. The van der Waals surface area contributed by atoms with E-state index in [4.69, 9.17) is 5.41 Å². The number of likely N-dealkylation sites (N-methyl/N-ethyl adjacent to an activating group) is 1. The summed E-state index contributed by atoms with van der Waals surface area (Å²) in [5, 5.41) is 18.4. The lowest BCUT2D eigenvalue weighted by Gasteiger charge is -2.37. The third-order valence-corrected chi connectivity index (χ3v) is 8.11. The van der Waals surface area contributed by atoms with Crippen LogP contribution in [0.5, 0.6) is 0 Å². The summed E-state index contributed by atoms with van der Waals surface area (Å²) in [5.41, 5.74) is 0. The summed E-state index contributed by atoms with van der Waals surface area (Å²) in [6, 6.07) is 0.430. The first-order chi connectivity index (χ1) is 14.0. The van der Waals surface area contributed by atoms with Crippen molar-refractivity contribution in [3.63, 3.8) is 0 Å². The summed E-state index contributed by atoms with van der Waals surface area (Å²) in [7, 11) is 1.77. The number of likely N-dealkylation sites (tertiary alicyclic amines) is 1. The summed E-state index contributed by atoms with van der Waals surface area (Å²) in [4.78, 5) is 19.1. The minimum Gasteiger partial charge on any atom is -0.392 e. The van der Waals surface area contributed by atoms with Gasteiger partial charge in [0.05, 0.1) is 6.10 Å². The molecule has 0 bridgehead atoms. The molecule has 6 nitrogen and oxygen atoms in total. The van der Waals surface area contributed by atoms with Crippen molar-refractivity contribution in [2.75, 3.05) is 26.7 Å². The second kappa shape index (κ2) is 9.34. The zero-order chi connectivity index (χ0) is 20.4. The Morgan fingerprint density at radius 2 is 1.79 bits per heavy atom. The van der Waals surface area contributed by atoms with Crippen LogP contribution in [0.3, 0.4) is 0 Å². The number of hydrogen-bond acceptors (Lipinski definition) is 4. The Labute approximate surface area is 176 Å². The average Bonchev–Trinajstić information content (AvgIpc) is 3.26. The molecule has 0 aromatic heterocycles. The van der Waals surface area contributed by atoms with E-state index in [0.717, 1.165) is 51.2 Å². The molecule has 1 amide bonds. The summed E-state index contributed by atoms with van der Waals surface area (Å²) >= 11 is 0. The predicted octanol–water partition coefficient (Wildman–Crippen LogP) is 3.05. The lowest BCUT2D eigenvalue weighted by atomic mass is 9.81. The first-order valence-electron chi connectivity index (χ1n) is 12.1. The van der Waals surface area contributed by atoms with Gasteiger partial charge in [-0.25, -0.2) is 0 Å². The van der Waals surface area contributed by atoms with Gasteiger partial charge in [-0.1, -0.05) is 44.9 Å². The van der Waals surface area contributed by atoms with Gasteiger partial charge in [0.2, 0.25) is 5.96 Å². The molecule has 0 aromatic rings. The number of nitrogens with zero attached hydrogens (tertiary/aromatic N) is 3. The van der Waals surface area contributed by atoms with E-state index >= 15 is 0 Å². The SMILES string of the molecule is CN1C(=N)N(CCC2CCCCC2)[C@H](C[C@H]2CCC[C@H](N3CC[C@H](O)C3)C2)C1=O. The van der Waals surface area contributed by atoms with Crippen molar-refractivity contribution in [2.24, 2.45) is 11.8 Å². The summed E-state index contributed by atoms with van der Waals surface area (Å²) in [6.45, 7) is 2.70. The van der Waals surface area contributed by atoms with Crippen LogP contribution in [0.4, 0.5) is 0 Å². The topological polar surface area (TPSA) is 70.9 Å². The first kappa shape index (κ1) is 21.1. The molecule has 2 heterocycles. The molecule has 2 N–H and O–H groups in total. The maximum Gasteiger partial charge on any atom is 0.251 e. The molecule has 0 unspecified atom stereocenters. The van der Waals surface area contributed by atoms with E-state index in [9.17, 15) is 9.90 Å². The van der Waals surface area contributed by atoms with Gasteiger partial charge >= 0.3 is 0 Å². The molecule has 2 saturated heterocycles. The number of carbonyl (C=O) groups excluding carboxylic acids is 1. The van der Waals surface area contributed by atoms with E-state index in [-0.39, 0.29) is 18.1 Å². The average molecular weight is 405 g/mol. The number of rotatable bonds is 6. The number of guanidine groups is 1. The number of carbonyl (C=O) groups is 1. The molecule has 4 aliphatic rings. The van der Waals surface area contributed by atoms with Gasteiger partial charge in [0.15, 0.2) is 0 Å². The molecular formula is C23H40N4O2. The quantitative estimate of drug-likeness (QED) is 0.714. The second-order valence-electron chi connectivity index (χ2n) is 10.1. The Morgan fingerprint density at radius 1 is 1.03 bits per heavy atom. The summed E-state index contributed by atoms with van der Waals surface area (Å²) in [5.74, 6) is 1.86. The molecule has 4 rings (SSSR count). The number of hydrogen-bond donors (Lipinski definition) is 2. The molecule has 0 radical (unpaired) electrons. The number of aliphatic hydroxyl groups excluding tert-OH is 1. The monoisotopic (exact) mass is 404 g/mol. The Kier molecular flexibility index (Phi) is 6.80. The number of nitrogens with one attached hydrogen (secondary N) is 1. The number of aliphatic hydroxyl groups is 1. The number of β-amino-alcohol motifs (C(OH)–C–C–N with tert-alkyl or cyclic N) is 1. The van der Waals surface area contributed by atoms with Gasteiger partial charge in [0.25, 0.3) is 5.91 Å². The van der Waals surface area contributed by atoms with E-state index in [1.54, 1.807) is 11.9 Å². The molecule has 4 fully saturated rings. The van der Waals surface area contributed by atoms with Gasteiger partial charge in [-0.05, 0) is 43.9 Å². The van der Waals surface area contributed by atoms with Crippen LogP contribution in [0.15, 0.2) is 0 Å². The van der Waals surface area contributed by atoms with Crippen LogP contribution >= 0.6 is 0 Å². The first-order valence-corrected chi connectivity index (χ1v) is 12.1. The Bertz CT molecular complexity index is 591. The van der Waals surface area contributed by atoms with Crippen LogP contribution in [0, 0.1) is 17.2 Å². The second-order valence-corrected chi connectivity index (χ2v) is 10.1. The fraction of sp³-hybridized carbons (Fsp3) is 0.913. The predicted molar refractivity (Wildman–Crippen MR) is 115 cm³/mol. The van der Waals surface area contributed by atoms with Gasteiger partial charge in [-0.2, -0.15) is 0 Å². The fourth-order valence-electron chi connectivity index (χ4n) is 6.31. The Morgan fingerprint density at radius 3 is 2.52 bits per heavy atom. The highest BCUT2D eigenvalue weighted by atomic mass is 16.3. The van der Waals surface area contributed by atoms with Gasteiger partial charge < -0.3 is 10.0 Å². The Balaban J connectivity index is 1.35. The van der Waals surface area contributed by atoms with E-state index in [0.29, 0.717) is 17.9 Å². The molecule has 0 spiro atoms. The largest absolute Gasteiger partial charge is 0.392 e. The van der Waals surface area contributed by atoms with Crippen molar-refractivity contribution in [1.82, 2.24) is 14.7 Å². The third-order valence-electron chi connectivity index (χ3n) is 8.11. The molecular weight excluding hydrogens is 364 g/mol. The maximum absolute atomic E-state index is 12.9. The van der Waals surface area contributed by atoms with Crippen molar-refractivity contribution in [1.29, 1.82) is 5.41 Å². The highest BCUT2D eigenvalue weighted by Crippen LogP contribution is 2.35. The molecule has 4 atom stereocenters. The zero-order valence-corrected chi connectivity index (χ0v) is 18.2. The third kappa shape index (κ3) is 4.79. The molecule has 6 heteroatoms. The van der Waals surface area contributed by atoms with E-state index in [1.165, 1.54) is 51.4 Å². The van der Waals surface area contributed by atoms with E-state index in [2.05, 4.69) is 9.80 Å². The summed E-state index contributed by atoms with van der Waals surface area (Å²) < 4.78 is 0. The van der Waals surface area contributed by atoms with Crippen LogP contribution in [0.2, 0.25) is 0 Å². The van der Waals surface area contributed by atoms with Crippen LogP contribution < -0.4 is 0 Å². The minimum absolute atomic E-state index is 0.123. The van der Waals surface area contributed by atoms with Crippen molar-refractivity contribution < 1.29 is 9.90 Å². The number of amides is 1. The summed E-state index contributed by atoms with van der Waals surface area (Å²) in [6.07, 6.45) is 14.3. The van der Waals surface area contributed by atoms with Gasteiger partial charge in [0.1, 0.15) is 6.04 Å². The van der Waals surface area contributed by atoms with Gasteiger partial charge in [-0.3, -0.25) is 20.0 Å². The minimum atomic E-state index is -0.156. The van der Waals surface area contributed by atoms with Crippen molar-refractivity contribution >= 4 is 11.9 Å². The van der Waals surface area contributed by atoms with Crippen LogP contribution in [-0.2, 0) is 4.79 Å². The van der Waals surface area contributed by atoms with Crippen molar-refractivity contribution in [3.05, 3.63) is 0 Å². The van der Waals surface area contributed by atoms with Crippen LogP contribution in [0.1, 0.15) is 77.0 Å². The van der Waals surface area contributed by atoms with E-state index < -0.39 is 0 Å². The van der Waals surface area contributed by atoms with Gasteiger partial charge in [-0.15, -0.1) is 0 Å².